The second-order valence-electron chi connectivity index (χ2n) is 23.8. The normalized spacial score (nSPS) is 17.8. The molecule has 0 bridgehead atoms. The summed E-state index contributed by atoms with van der Waals surface area (Å²) in [5.74, 6) is 3.73. The highest BCUT2D eigenvalue weighted by atomic mass is 16.5. The Morgan fingerprint density at radius 3 is 1.61 bits per heavy atom. The molecule has 0 spiro atoms. The average molecular weight is 865 g/mol. The molecule has 1 aliphatic carbocycles. The molecule has 13 rings (SSSR count). The lowest BCUT2D eigenvalue weighted by molar-refractivity contribution is 0.471. The number of para-hydroxylation sites is 2. The second kappa shape index (κ2) is 12.8. The van der Waals surface area contributed by atoms with Crippen molar-refractivity contribution in [3.63, 3.8) is 0 Å². The Hall–Kier alpha value is -6.27. The third kappa shape index (κ3) is 5.27. The van der Waals surface area contributed by atoms with E-state index in [1.54, 1.807) is 0 Å². The van der Waals surface area contributed by atoms with Gasteiger partial charge in [0.1, 0.15) is 23.0 Å². The van der Waals surface area contributed by atoms with Crippen molar-refractivity contribution < 1.29 is 9.47 Å². The van der Waals surface area contributed by atoms with Gasteiger partial charge in [0.15, 0.2) is 0 Å². The van der Waals surface area contributed by atoms with Crippen LogP contribution in [0.25, 0.3) is 21.8 Å². The topological polar surface area (TPSA) is 33.1 Å². The number of anilines is 5. The molecule has 8 heteroatoms. The minimum atomic E-state index is -0.189. The third-order valence-corrected chi connectivity index (χ3v) is 15.6. The molecule has 0 amide bonds. The molecule has 0 saturated heterocycles. The quantitative estimate of drug-likeness (QED) is 0.142. The van der Waals surface area contributed by atoms with Gasteiger partial charge >= 0.3 is 14.0 Å². The average Bonchev–Trinajstić information content (AvgIpc) is 3.93. The first-order valence-corrected chi connectivity index (χ1v) is 24.1. The Morgan fingerprint density at radius 2 is 1.03 bits per heavy atom. The van der Waals surface area contributed by atoms with E-state index in [2.05, 4.69) is 217 Å². The standard InChI is InChI=1S/C58H58B2N4O2/c1-55(2,3)33-21-25-41-37(29-33)49-51-54(64-44-28-24-36(58(10,11)12)32-48(44)65-45-19-15-13-17-39(45)59(64)61(41)51)50-38-30-34(56(4,5)6)22-26-42(38)62-52(50)53(49)63-43-27-23-35(57(7,8)9)31-47(43)66-46-20-16-14-18-40(46)60(62)63/h13-29,31-32,38H,30H2,1-12H3. The zero-order valence-electron chi connectivity index (χ0n) is 40.5. The lowest BCUT2D eigenvalue weighted by Gasteiger charge is -2.35. The molecule has 6 aromatic carbocycles. The fourth-order valence-corrected chi connectivity index (χ4v) is 12.1. The summed E-state index contributed by atoms with van der Waals surface area (Å²) in [4.78, 5) is 8.08. The van der Waals surface area contributed by atoms with Crippen molar-refractivity contribution in [1.29, 1.82) is 0 Å². The van der Waals surface area contributed by atoms with Crippen molar-refractivity contribution in [2.75, 3.05) is 14.4 Å². The summed E-state index contributed by atoms with van der Waals surface area (Å²) in [6.45, 7) is 27.5. The molecule has 0 fully saturated rings. The van der Waals surface area contributed by atoms with Crippen LogP contribution in [0.5, 0.6) is 23.0 Å². The molecule has 6 aliphatic rings. The Bertz CT molecular complexity index is 3390. The van der Waals surface area contributed by atoms with E-state index >= 15 is 0 Å². The molecule has 1 unspecified atom stereocenters. The molecule has 6 heterocycles. The van der Waals surface area contributed by atoms with E-state index in [9.17, 15) is 0 Å². The summed E-state index contributed by atoms with van der Waals surface area (Å²) in [7, 11) is 0. The van der Waals surface area contributed by atoms with Crippen LogP contribution in [0.1, 0.15) is 118 Å². The number of rotatable bonds is 0. The largest absolute Gasteiger partial charge is 0.456 e. The number of allylic oxidation sites excluding steroid dienone is 4. The van der Waals surface area contributed by atoms with E-state index < -0.39 is 0 Å². The molecule has 328 valence electrons. The van der Waals surface area contributed by atoms with Crippen LogP contribution in [0.2, 0.25) is 0 Å². The van der Waals surface area contributed by atoms with Crippen LogP contribution >= 0.6 is 0 Å². The summed E-state index contributed by atoms with van der Waals surface area (Å²) in [6, 6.07) is 38.8. The Morgan fingerprint density at radius 1 is 0.500 bits per heavy atom. The molecule has 7 aromatic rings. The summed E-state index contributed by atoms with van der Waals surface area (Å²) >= 11 is 0. The highest BCUT2D eigenvalue weighted by Gasteiger charge is 2.59. The van der Waals surface area contributed by atoms with Crippen LogP contribution in [0.3, 0.4) is 0 Å². The van der Waals surface area contributed by atoms with E-state index in [-0.39, 0.29) is 41.5 Å². The molecule has 0 radical (unpaired) electrons. The monoisotopic (exact) mass is 864 g/mol. The summed E-state index contributed by atoms with van der Waals surface area (Å²) in [6.07, 6.45) is 5.86. The lowest BCUT2D eigenvalue weighted by Crippen LogP contribution is -2.54. The van der Waals surface area contributed by atoms with Crippen LogP contribution in [-0.4, -0.2) is 18.4 Å². The van der Waals surface area contributed by atoms with Crippen LogP contribution in [0, 0.1) is 5.41 Å². The van der Waals surface area contributed by atoms with Gasteiger partial charge in [-0.05, 0) is 99.4 Å². The van der Waals surface area contributed by atoms with Gasteiger partial charge in [0.25, 0.3) is 0 Å². The number of nitrogens with zero attached hydrogens (tertiary/aromatic N) is 4. The lowest BCUT2D eigenvalue weighted by atomic mass is 9.63. The highest BCUT2D eigenvalue weighted by molar-refractivity contribution is 6.86. The van der Waals surface area contributed by atoms with Gasteiger partial charge in [-0.15, -0.1) is 0 Å². The number of benzene rings is 6. The fraction of sp³-hybridized carbons (Fsp3) is 0.310. The van der Waals surface area contributed by atoms with Crippen molar-refractivity contribution >= 4 is 75.1 Å². The predicted molar refractivity (Wildman–Crippen MR) is 277 cm³/mol. The zero-order chi connectivity index (χ0) is 45.7. The predicted octanol–water partition coefficient (Wildman–Crippen LogP) is 14.0. The van der Waals surface area contributed by atoms with Crippen molar-refractivity contribution in [1.82, 2.24) is 4.48 Å². The van der Waals surface area contributed by atoms with Gasteiger partial charge in [0.2, 0.25) is 0 Å². The fourth-order valence-electron chi connectivity index (χ4n) is 12.1. The van der Waals surface area contributed by atoms with Crippen LogP contribution < -0.4 is 34.8 Å². The van der Waals surface area contributed by atoms with Crippen molar-refractivity contribution in [3.05, 3.63) is 149 Å². The maximum atomic E-state index is 7.18. The summed E-state index contributed by atoms with van der Waals surface area (Å²) in [5, 5.41) is 2.58. The highest BCUT2D eigenvalue weighted by Crippen LogP contribution is 2.68. The van der Waals surface area contributed by atoms with Gasteiger partial charge in [0, 0.05) is 44.4 Å². The minimum Gasteiger partial charge on any atom is -0.456 e. The third-order valence-electron chi connectivity index (χ3n) is 15.6. The van der Waals surface area contributed by atoms with E-state index in [1.165, 1.54) is 77.9 Å². The Labute approximate surface area is 390 Å². The Balaban J connectivity index is 1.23. The number of fused-ring (bicyclic) bond motifs is 22. The first-order chi connectivity index (χ1) is 31.3. The van der Waals surface area contributed by atoms with Crippen molar-refractivity contribution in [3.8, 4) is 23.0 Å². The molecule has 6 nitrogen and oxygen atoms in total. The van der Waals surface area contributed by atoms with Gasteiger partial charge in [-0.25, -0.2) is 0 Å². The molecule has 5 aliphatic heterocycles. The summed E-state index contributed by atoms with van der Waals surface area (Å²) < 4.78 is 17.0. The van der Waals surface area contributed by atoms with Crippen LogP contribution in [0.15, 0.2) is 127 Å². The summed E-state index contributed by atoms with van der Waals surface area (Å²) in [5.41, 5.74) is 18.8. The molecular formula is C58H58B2N4O2. The second-order valence-corrected chi connectivity index (χ2v) is 23.8. The minimum absolute atomic E-state index is 0.0115. The number of hydrogen-bond donors (Lipinski definition) is 0. The van der Waals surface area contributed by atoms with Gasteiger partial charge < -0.3 is 28.4 Å². The number of ether oxygens (including phenoxy) is 2. The van der Waals surface area contributed by atoms with Crippen LogP contribution in [0.4, 0.5) is 28.4 Å². The number of hydrogen-bond acceptors (Lipinski definition) is 5. The van der Waals surface area contributed by atoms with Crippen LogP contribution in [-0.2, 0) is 16.2 Å². The molecule has 66 heavy (non-hydrogen) atoms. The smallest absolute Gasteiger partial charge is 0.424 e. The van der Waals surface area contributed by atoms with E-state index in [0.717, 1.165) is 46.3 Å². The van der Waals surface area contributed by atoms with Crippen molar-refractivity contribution in [2.45, 2.75) is 112 Å². The first kappa shape index (κ1) is 40.0. The van der Waals surface area contributed by atoms with E-state index in [1.807, 2.05) is 0 Å². The molecule has 1 atom stereocenters. The first-order valence-electron chi connectivity index (χ1n) is 24.1. The van der Waals surface area contributed by atoms with Gasteiger partial charge in [-0.1, -0.05) is 149 Å². The SMILES string of the molecule is CC(C)(C)C1=CC=C2C(C1)c1c3c(c4c5cc(C(C)(C)C)ccc5n5c4c1N1B5c4ccccc4Oc4cc(C(C)(C)C)ccc41)N1B(c4ccccc4Oc4cc(C(C)(C)C)ccc41)N23. The Kier molecular flexibility index (Phi) is 7.76. The molecule has 0 saturated carbocycles. The van der Waals surface area contributed by atoms with E-state index in [0.29, 0.717) is 0 Å². The maximum absolute atomic E-state index is 7.18. The molecule has 1 aromatic heterocycles. The van der Waals surface area contributed by atoms with Gasteiger partial charge in [-0.2, -0.15) is 0 Å². The van der Waals surface area contributed by atoms with Gasteiger partial charge in [-0.3, -0.25) is 0 Å². The molecular weight excluding hydrogens is 806 g/mol. The zero-order valence-corrected chi connectivity index (χ0v) is 40.5. The number of aromatic nitrogens is 1. The maximum Gasteiger partial charge on any atom is 0.424 e. The van der Waals surface area contributed by atoms with E-state index in [4.69, 9.17) is 9.47 Å². The van der Waals surface area contributed by atoms with Crippen molar-refractivity contribution in [2.24, 2.45) is 5.41 Å². The van der Waals surface area contributed by atoms with Gasteiger partial charge in [0.05, 0.1) is 34.0 Å². The molecule has 0 N–H and O–H groups in total.